The molecule has 8 unspecified atom stereocenters. The monoisotopic (exact) mass is 1020 g/mol. The van der Waals surface area contributed by atoms with Gasteiger partial charge in [0.05, 0.1) is 79.6 Å². The number of aliphatic carboxylic acids is 1. The Bertz CT molecular complexity index is 1900. The summed E-state index contributed by atoms with van der Waals surface area (Å²) >= 11 is 0. The van der Waals surface area contributed by atoms with Crippen LogP contribution < -0.4 is 5.73 Å². The maximum absolute atomic E-state index is 12.6. The summed E-state index contributed by atoms with van der Waals surface area (Å²) in [4.78, 5) is 25.1. The molecule has 0 aromatic heterocycles. The highest BCUT2D eigenvalue weighted by atomic mass is 32.3. The summed E-state index contributed by atoms with van der Waals surface area (Å²) in [6.45, 7) is 6.74. The van der Waals surface area contributed by atoms with Gasteiger partial charge in [-0.25, -0.2) is 0 Å². The molecule has 22 nitrogen and oxygen atoms in total. The van der Waals surface area contributed by atoms with Crippen LogP contribution in [0, 0.1) is 17.8 Å². The van der Waals surface area contributed by atoms with Crippen LogP contribution in [0.5, 0.6) is 0 Å². The zero-order valence-corrected chi connectivity index (χ0v) is 40.5. The van der Waals surface area contributed by atoms with Crippen molar-refractivity contribution >= 4 is 22.3 Å². The molecule has 3 aliphatic rings. The number of hydrogen-bond acceptors (Lipinski definition) is 19. The van der Waals surface area contributed by atoms with Crippen molar-refractivity contribution in [3.05, 3.63) is 85.1 Å². The quantitative estimate of drug-likeness (QED) is 0.131. The number of aliphatic hydroxyl groups is 10. The van der Waals surface area contributed by atoms with Gasteiger partial charge in [0.1, 0.15) is 18.1 Å². The third-order valence-corrected chi connectivity index (χ3v) is 12.0. The summed E-state index contributed by atoms with van der Waals surface area (Å²) in [7, 11) is -4.67. The first-order valence-electron chi connectivity index (χ1n) is 23.0. The predicted molar refractivity (Wildman–Crippen MR) is 251 cm³/mol. The zero-order valence-electron chi connectivity index (χ0n) is 39.7. The minimum Gasteiger partial charge on any atom is -0.481 e. The van der Waals surface area contributed by atoms with Crippen molar-refractivity contribution in [3.63, 3.8) is 0 Å². The summed E-state index contributed by atoms with van der Waals surface area (Å²) < 4.78 is 54.7. The number of rotatable bonds is 3. The van der Waals surface area contributed by atoms with Crippen molar-refractivity contribution in [2.75, 3.05) is 0 Å². The van der Waals surface area contributed by atoms with Gasteiger partial charge in [0, 0.05) is 31.1 Å². The van der Waals surface area contributed by atoms with Crippen LogP contribution in [0.2, 0.25) is 0 Å². The Morgan fingerprint density at radius 3 is 1.71 bits per heavy atom. The number of carboxylic acids is 1. The van der Waals surface area contributed by atoms with Gasteiger partial charge < -0.3 is 80.9 Å². The maximum Gasteiger partial charge on any atom is 0.394 e. The van der Waals surface area contributed by atoms with Crippen molar-refractivity contribution in [1.82, 2.24) is 0 Å². The number of ether oxygens (including phenoxy) is 4. The average molecular weight is 1020 g/mol. The molecule has 0 aromatic carbocycles. The summed E-state index contributed by atoms with van der Waals surface area (Å²) in [6.07, 6.45) is 3.49. The number of carboxylic acid groups (broad SMARTS) is 1. The third kappa shape index (κ3) is 23.3. The summed E-state index contributed by atoms with van der Waals surface area (Å²) in [6, 6.07) is -1.15. The molecule has 0 radical (unpaired) electrons. The molecule has 2 bridgehead atoms. The zero-order chi connectivity index (χ0) is 52.9. The first-order chi connectivity index (χ1) is 32.6. The first-order valence-corrected chi connectivity index (χ1v) is 24.4. The van der Waals surface area contributed by atoms with Crippen LogP contribution in [-0.2, 0) is 38.9 Å². The van der Waals surface area contributed by atoms with E-state index in [2.05, 4.69) is 0 Å². The molecule has 3 aliphatic heterocycles. The lowest BCUT2D eigenvalue weighted by Gasteiger charge is -2.45. The Labute approximate surface area is 408 Å². The fourth-order valence-electron chi connectivity index (χ4n) is 7.96. The van der Waals surface area contributed by atoms with Gasteiger partial charge in [0.25, 0.3) is 0 Å². The molecule has 2 fully saturated rings. The van der Waals surface area contributed by atoms with E-state index >= 15 is 0 Å². The van der Waals surface area contributed by atoms with E-state index in [0.29, 0.717) is 0 Å². The number of esters is 1. The van der Waals surface area contributed by atoms with Gasteiger partial charge in [0.2, 0.25) is 0 Å². The minimum atomic E-state index is -4.67. The van der Waals surface area contributed by atoms with Gasteiger partial charge in [-0.2, -0.15) is 8.42 Å². The number of nitrogens with two attached hydrogens (primary N) is 1. The Morgan fingerprint density at radius 2 is 1.17 bits per heavy atom. The van der Waals surface area contributed by atoms with Gasteiger partial charge in [-0.15, -0.1) is 0 Å². The molecule has 70 heavy (non-hydrogen) atoms. The number of hydrogen-bond donors (Lipinski definition) is 14. The van der Waals surface area contributed by atoms with E-state index in [1.807, 2.05) is 13.0 Å². The standard InChI is InChI=1S/C47H73NO17.H2O4S/c1-27-17-15-13-11-9-7-5-6-8-10-12-14-16-18-34(64-46-44(58)41(48)43(57)30(4)63-46)24-38-40(45(59)60)37(54)26-47(61,65-38)25-36(53)35(52)20-19-31(49)21-32(50)22-33(51)23-39(55)62-29(3)28(2)42(27)56;1-5(2,3)4/h5-18,27-38,40-44,46,49-54,56-58,61H,19-26,48H2,1-4H3,(H,59,60);(H2,1,2,3,4)/b6-5+,9-7+,10-8+,13-11+,14-12+,17-15+,18-16+;/t27-,28-,29-,30+,31?,32?,33?,34-,35?,36?,37?,38?,40?,41-,42+,43+,44-,46-,47+;/m0./s1. The molecule has 0 saturated carbocycles. The number of aliphatic hydroxyl groups excluding tert-OH is 9. The molecule has 3 heterocycles. The number of fused-ring (bicyclic) bond motifs is 2. The fourth-order valence-corrected chi connectivity index (χ4v) is 7.96. The van der Waals surface area contributed by atoms with Crippen LogP contribution in [0.3, 0.4) is 0 Å². The van der Waals surface area contributed by atoms with Crippen molar-refractivity contribution in [2.24, 2.45) is 23.5 Å². The highest BCUT2D eigenvalue weighted by Crippen LogP contribution is 2.38. The molecular weight excluding hydrogens is 947 g/mol. The summed E-state index contributed by atoms with van der Waals surface area (Å²) in [5, 5.41) is 118. The summed E-state index contributed by atoms with van der Waals surface area (Å²) in [5.74, 6) is -6.88. The highest BCUT2D eigenvalue weighted by Gasteiger charge is 2.51. The Balaban J connectivity index is 0.00000319. The number of allylic oxidation sites excluding steroid dienone is 12. The van der Waals surface area contributed by atoms with E-state index in [4.69, 9.17) is 42.2 Å². The van der Waals surface area contributed by atoms with Gasteiger partial charge in [0.15, 0.2) is 12.1 Å². The first kappa shape index (κ1) is 62.5. The third-order valence-electron chi connectivity index (χ3n) is 12.0. The summed E-state index contributed by atoms with van der Waals surface area (Å²) in [5.41, 5.74) is 6.02. The molecule has 3 rings (SSSR count). The highest BCUT2D eigenvalue weighted by molar-refractivity contribution is 7.79. The minimum absolute atomic E-state index is 0.140. The van der Waals surface area contributed by atoms with Crippen LogP contribution in [-0.4, -0.2) is 183 Å². The smallest absolute Gasteiger partial charge is 0.394 e. The van der Waals surface area contributed by atoms with E-state index in [9.17, 15) is 65.8 Å². The second kappa shape index (κ2) is 30.5. The molecule has 0 aromatic rings. The molecule has 2 saturated heterocycles. The lowest BCUT2D eigenvalue weighted by molar-refractivity contribution is -0.310. The van der Waals surface area contributed by atoms with E-state index in [1.165, 1.54) is 13.0 Å². The van der Waals surface area contributed by atoms with Crippen LogP contribution >= 0.6 is 0 Å². The van der Waals surface area contributed by atoms with Gasteiger partial charge in [-0.1, -0.05) is 98.9 Å². The van der Waals surface area contributed by atoms with E-state index < -0.39 is 151 Å². The fraction of sp³-hybridized carbons (Fsp3) is 0.660. The number of carbonyl (C=O) groups excluding carboxylic acids is 1. The van der Waals surface area contributed by atoms with Crippen molar-refractivity contribution in [1.29, 1.82) is 0 Å². The molecule has 0 amide bonds. The van der Waals surface area contributed by atoms with Crippen LogP contribution in [0.1, 0.15) is 79.1 Å². The lowest BCUT2D eigenvalue weighted by Crippen LogP contribution is -2.61. The Kier molecular flexibility index (Phi) is 27.2. The van der Waals surface area contributed by atoms with E-state index in [0.717, 1.165) is 0 Å². The SMILES string of the molecule is C[C@@H]1[C@H](O)[C@@H](C)/C=C/C=C/C=C/C=C/C=C/C=C/C=C/[C@H](O[C@@H]2O[C@H](C)[C@@H](O)[C@H](N)[C@@H]2O)CC2O[C@](O)(CC(O)C(O)CCC(O)CC(O)CC(O)CC(=O)O[C@H]1C)CC(O)C2C(=O)O.O=S(=O)(O)O. The maximum atomic E-state index is 12.6. The Hall–Kier alpha value is -3.57. The topological polar surface area (TPSA) is 394 Å². The normalized spacial score (nSPS) is 43.1. The molecule has 23 heteroatoms. The molecular formula is C47H75NO21S. The van der Waals surface area contributed by atoms with E-state index in [1.54, 1.807) is 86.8 Å². The van der Waals surface area contributed by atoms with Crippen molar-refractivity contribution in [3.8, 4) is 0 Å². The molecule has 400 valence electrons. The van der Waals surface area contributed by atoms with Crippen LogP contribution in [0.15, 0.2) is 85.1 Å². The largest absolute Gasteiger partial charge is 0.481 e. The molecule has 15 N–H and O–H groups in total. The van der Waals surface area contributed by atoms with Gasteiger partial charge in [-0.3, -0.25) is 18.7 Å². The van der Waals surface area contributed by atoms with Crippen molar-refractivity contribution in [2.45, 2.75) is 177 Å². The predicted octanol–water partition coefficient (Wildman–Crippen LogP) is 0.0589. The average Bonchev–Trinajstić information content (AvgIpc) is 3.24. The van der Waals surface area contributed by atoms with Gasteiger partial charge >= 0.3 is 22.3 Å². The van der Waals surface area contributed by atoms with Crippen LogP contribution in [0.4, 0.5) is 0 Å². The van der Waals surface area contributed by atoms with E-state index in [-0.39, 0.29) is 38.0 Å². The second-order valence-electron chi connectivity index (χ2n) is 18.0. The Morgan fingerprint density at radius 1 is 0.671 bits per heavy atom. The molecule has 0 aliphatic carbocycles. The lowest BCUT2D eigenvalue weighted by atomic mass is 9.82. The van der Waals surface area contributed by atoms with Gasteiger partial charge in [-0.05, 0) is 39.5 Å². The van der Waals surface area contributed by atoms with Crippen molar-refractivity contribution < 1.29 is 102 Å². The number of carbonyl (C=O) groups is 2. The molecule has 0 spiro atoms. The molecule has 19 atom stereocenters. The van der Waals surface area contributed by atoms with Crippen LogP contribution in [0.25, 0.3) is 0 Å². The second-order valence-corrected chi connectivity index (χ2v) is 18.9. The number of cyclic esters (lactones) is 1.